The molecule has 2 unspecified atom stereocenters. The Balaban J connectivity index is 1.37. The van der Waals surface area contributed by atoms with Crippen molar-refractivity contribution in [2.24, 2.45) is 0 Å². The fourth-order valence-corrected chi connectivity index (χ4v) is 5.61. The van der Waals surface area contributed by atoms with Crippen LogP contribution in [0.25, 0.3) is 0 Å². The Morgan fingerprint density at radius 2 is 1.59 bits per heavy atom. The molecule has 3 aliphatic heterocycles. The molecular formula is C26H30NO7+. The molecule has 6 atom stereocenters. The zero-order chi connectivity index (χ0) is 24.1. The average molecular weight is 469 g/mol. The van der Waals surface area contributed by atoms with Gasteiger partial charge in [-0.1, -0.05) is 42.5 Å². The summed E-state index contributed by atoms with van der Waals surface area (Å²) in [7, 11) is 5.72. The van der Waals surface area contributed by atoms with Crippen molar-refractivity contribution in [1.82, 2.24) is 0 Å². The summed E-state index contributed by atoms with van der Waals surface area (Å²) in [5, 5.41) is 11.8. The second kappa shape index (κ2) is 8.37. The zero-order valence-corrected chi connectivity index (χ0v) is 19.5. The number of carbonyl (C=O) groups is 2. The summed E-state index contributed by atoms with van der Waals surface area (Å²) < 4.78 is 22.7. The Morgan fingerprint density at radius 1 is 1.00 bits per heavy atom. The maximum atomic E-state index is 13.6. The number of piperidine rings is 1. The van der Waals surface area contributed by atoms with Crippen LogP contribution in [0.4, 0.5) is 0 Å². The van der Waals surface area contributed by atoms with Gasteiger partial charge in [-0.25, -0.2) is 9.59 Å². The Labute approximate surface area is 198 Å². The molecular weight excluding hydrogens is 438 g/mol. The molecule has 2 aromatic carbocycles. The summed E-state index contributed by atoms with van der Waals surface area (Å²) in [6, 6.07) is 15.8. The predicted molar refractivity (Wildman–Crippen MR) is 121 cm³/mol. The minimum Gasteiger partial charge on any atom is -0.482 e. The minimum absolute atomic E-state index is 0.231. The third-order valence-corrected chi connectivity index (χ3v) is 7.66. The highest BCUT2D eigenvalue weighted by Crippen LogP contribution is 2.52. The Hall–Kier alpha value is -2.94. The number of likely N-dealkylation sites (N-methyl/N-ethyl adjacent to an activating group) is 1. The van der Waals surface area contributed by atoms with Gasteiger partial charge in [0.1, 0.15) is 36.1 Å². The maximum Gasteiger partial charge on any atom is 0.347 e. The van der Waals surface area contributed by atoms with Gasteiger partial charge in [-0.05, 0) is 23.3 Å². The van der Waals surface area contributed by atoms with E-state index in [2.05, 4.69) is 18.8 Å². The SMILES string of the molecule is COC(=O)COc1ccc(C(O)(C(=O)OC2C[C@@H]3[C@H]4O[C@H]4[C@H](C2)[N+]3(C)C)c2ccccc2)cc1. The first kappa shape index (κ1) is 22.8. The van der Waals surface area contributed by atoms with Crippen molar-refractivity contribution in [2.75, 3.05) is 27.8 Å². The summed E-state index contributed by atoms with van der Waals surface area (Å²) in [6.45, 7) is -0.231. The summed E-state index contributed by atoms with van der Waals surface area (Å²) in [5.41, 5.74) is -1.21. The molecule has 0 amide bonds. The molecule has 2 aromatic rings. The summed E-state index contributed by atoms with van der Waals surface area (Å²) in [5.74, 6) is -0.783. The third kappa shape index (κ3) is 3.76. The van der Waals surface area contributed by atoms with Gasteiger partial charge in [-0.15, -0.1) is 0 Å². The molecule has 0 aliphatic carbocycles. The second-order valence-electron chi connectivity index (χ2n) is 9.79. The number of morpholine rings is 1. The van der Waals surface area contributed by atoms with E-state index in [4.69, 9.17) is 14.2 Å². The number of carbonyl (C=O) groups excluding carboxylic acids is 2. The van der Waals surface area contributed by atoms with Gasteiger partial charge in [0.15, 0.2) is 6.61 Å². The quantitative estimate of drug-likeness (QED) is 0.376. The number of nitrogens with zero attached hydrogens (tertiary/aromatic N) is 1. The third-order valence-electron chi connectivity index (χ3n) is 7.66. The van der Waals surface area contributed by atoms with Gasteiger partial charge in [0.2, 0.25) is 5.60 Å². The fraction of sp³-hybridized carbons (Fsp3) is 0.462. The number of aliphatic hydroxyl groups is 1. The van der Waals surface area contributed by atoms with Crippen LogP contribution in [-0.4, -0.2) is 79.7 Å². The molecule has 1 N–H and O–H groups in total. The molecule has 5 rings (SSSR count). The monoisotopic (exact) mass is 468 g/mol. The van der Waals surface area contributed by atoms with Crippen LogP contribution >= 0.6 is 0 Å². The first-order chi connectivity index (χ1) is 16.2. The number of epoxide rings is 1. The smallest absolute Gasteiger partial charge is 0.347 e. The van der Waals surface area contributed by atoms with Crippen LogP contribution in [0.15, 0.2) is 54.6 Å². The van der Waals surface area contributed by atoms with E-state index < -0.39 is 17.5 Å². The number of hydrogen-bond donors (Lipinski definition) is 1. The van der Waals surface area contributed by atoms with Gasteiger partial charge in [-0.2, -0.15) is 0 Å². The standard InChI is InChI=1S/C26H30NO7/c1-27(2)20-13-19(14-21(27)24-23(20)34-24)33-25(29)26(30,16-7-5-4-6-8-16)17-9-11-18(12-10-17)32-15-22(28)31-3/h4-12,19-21,23-24,30H,13-15H2,1-3H3/q+1/t19?,20-,21+,23-,24+,26?. The van der Waals surface area contributed by atoms with Crippen molar-refractivity contribution < 1.29 is 38.1 Å². The van der Waals surface area contributed by atoms with Crippen LogP contribution in [0.3, 0.4) is 0 Å². The van der Waals surface area contributed by atoms with Crippen molar-refractivity contribution in [2.45, 2.75) is 48.8 Å². The lowest BCUT2D eigenvalue weighted by atomic mass is 9.86. The summed E-state index contributed by atoms with van der Waals surface area (Å²) in [6.07, 6.45) is 1.63. The Bertz CT molecular complexity index is 1050. The van der Waals surface area contributed by atoms with Crippen molar-refractivity contribution in [1.29, 1.82) is 0 Å². The van der Waals surface area contributed by atoms with E-state index in [1.807, 2.05) is 6.07 Å². The van der Waals surface area contributed by atoms with Crippen LogP contribution in [0, 0.1) is 0 Å². The van der Waals surface area contributed by atoms with Crippen LogP contribution in [-0.2, 0) is 29.4 Å². The van der Waals surface area contributed by atoms with Gasteiger partial charge >= 0.3 is 11.9 Å². The molecule has 0 radical (unpaired) electrons. The highest BCUT2D eigenvalue weighted by molar-refractivity contribution is 5.85. The van der Waals surface area contributed by atoms with E-state index in [0.29, 0.717) is 29.7 Å². The van der Waals surface area contributed by atoms with Crippen LogP contribution in [0.2, 0.25) is 0 Å². The lowest BCUT2D eigenvalue weighted by molar-refractivity contribution is -0.938. The van der Waals surface area contributed by atoms with Crippen molar-refractivity contribution in [3.63, 3.8) is 0 Å². The van der Waals surface area contributed by atoms with E-state index in [1.54, 1.807) is 48.5 Å². The normalized spacial score (nSPS) is 29.9. The number of benzene rings is 2. The molecule has 34 heavy (non-hydrogen) atoms. The highest BCUT2D eigenvalue weighted by atomic mass is 16.6. The van der Waals surface area contributed by atoms with Crippen molar-refractivity contribution >= 4 is 11.9 Å². The molecule has 3 saturated heterocycles. The number of quaternary nitrogens is 1. The van der Waals surface area contributed by atoms with Crippen LogP contribution in [0.5, 0.6) is 5.75 Å². The molecule has 8 nitrogen and oxygen atoms in total. The van der Waals surface area contributed by atoms with E-state index in [-0.39, 0.29) is 37.0 Å². The van der Waals surface area contributed by atoms with Gasteiger partial charge in [0.05, 0.1) is 21.2 Å². The van der Waals surface area contributed by atoms with Gasteiger partial charge in [-0.3, -0.25) is 0 Å². The average Bonchev–Trinajstić information content (AvgIpc) is 3.61. The molecule has 0 spiro atoms. The lowest BCUT2D eigenvalue weighted by Crippen LogP contribution is -2.60. The molecule has 180 valence electrons. The molecule has 0 aromatic heterocycles. The van der Waals surface area contributed by atoms with E-state index in [9.17, 15) is 14.7 Å². The van der Waals surface area contributed by atoms with E-state index in [1.165, 1.54) is 7.11 Å². The minimum atomic E-state index is -1.98. The molecule has 3 fully saturated rings. The largest absolute Gasteiger partial charge is 0.482 e. The number of methoxy groups -OCH3 is 1. The summed E-state index contributed by atoms with van der Waals surface area (Å²) >= 11 is 0. The van der Waals surface area contributed by atoms with E-state index in [0.717, 1.165) is 4.48 Å². The zero-order valence-electron chi connectivity index (χ0n) is 19.5. The molecule has 8 heteroatoms. The first-order valence-corrected chi connectivity index (χ1v) is 11.5. The molecule has 2 bridgehead atoms. The Kier molecular flexibility index (Phi) is 5.62. The Morgan fingerprint density at radius 3 is 2.18 bits per heavy atom. The van der Waals surface area contributed by atoms with Gasteiger partial charge in [0, 0.05) is 12.8 Å². The first-order valence-electron chi connectivity index (χ1n) is 11.5. The lowest BCUT2D eigenvalue weighted by Gasteiger charge is -2.45. The van der Waals surface area contributed by atoms with Crippen LogP contribution < -0.4 is 4.74 Å². The maximum absolute atomic E-state index is 13.6. The number of esters is 2. The second-order valence-corrected chi connectivity index (χ2v) is 9.79. The van der Waals surface area contributed by atoms with E-state index >= 15 is 0 Å². The topological polar surface area (TPSA) is 94.6 Å². The molecule has 3 heterocycles. The highest BCUT2D eigenvalue weighted by Gasteiger charge is 2.71. The molecule has 0 saturated carbocycles. The van der Waals surface area contributed by atoms with Crippen molar-refractivity contribution in [3.8, 4) is 5.75 Å². The van der Waals surface area contributed by atoms with Crippen molar-refractivity contribution in [3.05, 3.63) is 65.7 Å². The predicted octanol–water partition coefficient (Wildman–Crippen LogP) is 1.77. The van der Waals surface area contributed by atoms with Gasteiger partial charge < -0.3 is 28.5 Å². The molecule has 3 aliphatic rings. The van der Waals surface area contributed by atoms with Gasteiger partial charge in [0.25, 0.3) is 0 Å². The number of rotatable bonds is 7. The van der Waals surface area contributed by atoms with Crippen LogP contribution in [0.1, 0.15) is 24.0 Å². The fourth-order valence-electron chi connectivity index (χ4n) is 5.61. The number of hydrogen-bond acceptors (Lipinski definition) is 7. The number of ether oxygens (including phenoxy) is 4. The summed E-state index contributed by atoms with van der Waals surface area (Å²) in [4.78, 5) is 24.9. The number of fused-ring (bicyclic) bond motifs is 5.